The van der Waals surface area contributed by atoms with Crippen molar-refractivity contribution in [3.63, 3.8) is 0 Å². The van der Waals surface area contributed by atoms with Crippen molar-refractivity contribution in [1.82, 2.24) is 9.88 Å². The molecular weight excluding hydrogens is 462 g/mol. The molecule has 0 saturated heterocycles. The van der Waals surface area contributed by atoms with Crippen molar-refractivity contribution in [3.05, 3.63) is 42.5 Å². The summed E-state index contributed by atoms with van der Waals surface area (Å²) in [6.45, 7) is 9.89. The molecule has 180 valence electrons. The minimum Gasteiger partial charge on any atom is -0.497 e. The number of rotatable bonds is 12. The smallest absolute Gasteiger partial charge is 0.266 e. The second-order valence-corrected chi connectivity index (χ2v) is 8.10. The van der Waals surface area contributed by atoms with Crippen molar-refractivity contribution in [2.75, 3.05) is 51.4 Å². The van der Waals surface area contributed by atoms with Gasteiger partial charge in [-0.2, -0.15) is 0 Å². The van der Waals surface area contributed by atoms with E-state index in [9.17, 15) is 4.79 Å². The number of anilines is 1. The summed E-state index contributed by atoms with van der Waals surface area (Å²) in [5, 5.41) is 0.667. The van der Waals surface area contributed by atoms with Crippen LogP contribution in [0.25, 0.3) is 10.2 Å². The first-order valence-electron chi connectivity index (χ1n) is 10.9. The van der Waals surface area contributed by atoms with Crippen LogP contribution in [0.15, 0.2) is 42.5 Å². The highest BCUT2D eigenvalue weighted by Gasteiger charge is 2.21. The molecule has 0 radical (unpaired) electrons. The summed E-state index contributed by atoms with van der Waals surface area (Å²) in [6, 6.07) is 13.0. The van der Waals surface area contributed by atoms with Crippen LogP contribution in [0, 0.1) is 0 Å². The topological polar surface area (TPSA) is 64.1 Å². The van der Waals surface area contributed by atoms with Gasteiger partial charge in [0, 0.05) is 13.1 Å². The number of thiazole rings is 1. The van der Waals surface area contributed by atoms with Crippen molar-refractivity contribution in [1.29, 1.82) is 0 Å². The van der Waals surface area contributed by atoms with Gasteiger partial charge in [-0.15, -0.1) is 12.4 Å². The third kappa shape index (κ3) is 7.22. The summed E-state index contributed by atoms with van der Waals surface area (Å²) in [6.07, 6.45) is 0. The maximum absolute atomic E-state index is 13.2. The number of hydrogen-bond donors (Lipinski definition) is 0. The summed E-state index contributed by atoms with van der Waals surface area (Å²) in [5.74, 6) is 2.04. The monoisotopic (exact) mass is 493 g/mol. The predicted molar refractivity (Wildman–Crippen MR) is 137 cm³/mol. The van der Waals surface area contributed by atoms with E-state index in [4.69, 9.17) is 19.2 Å². The van der Waals surface area contributed by atoms with E-state index >= 15 is 0 Å². The number of halogens is 1. The van der Waals surface area contributed by atoms with Gasteiger partial charge in [0.1, 0.15) is 17.2 Å². The molecule has 0 fully saturated rings. The molecule has 0 aliphatic heterocycles. The lowest BCUT2D eigenvalue weighted by atomic mass is 10.3. The van der Waals surface area contributed by atoms with Crippen LogP contribution < -0.4 is 19.1 Å². The largest absolute Gasteiger partial charge is 0.497 e. The molecular formula is C24H32ClN3O4S. The Kier molecular flexibility index (Phi) is 10.7. The van der Waals surface area contributed by atoms with Gasteiger partial charge >= 0.3 is 0 Å². The summed E-state index contributed by atoms with van der Waals surface area (Å²) in [7, 11) is 1.64. The molecule has 0 atom stereocenters. The van der Waals surface area contributed by atoms with Gasteiger partial charge in [-0.1, -0.05) is 25.2 Å². The molecule has 9 heteroatoms. The van der Waals surface area contributed by atoms with Crippen LogP contribution in [0.5, 0.6) is 17.2 Å². The number of amides is 1. The Bertz CT molecular complexity index is 1010. The van der Waals surface area contributed by atoms with Crippen LogP contribution in [0.3, 0.4) is 0 Å². The second-order valence-electron chi connectivity index (χ2n) is 7.10. The maximum Gasteiger partial charge on any atom is 0.266 e. The molecule has 0 bridgehead atoms. The van der Waals surface area contributed by atoms with E-state index in [1.54, 1.807) is 12.0 Å². The van der Waals surface area contributed by atoms with Crippen LogP contribution in [-0.4, -0.2) is 62.3 Å². The predicted octanol–water partition coefficient (Wildman–Crippen LogP) is 4.88. The summed E-state index contributed by atoms with van der Waals surface area (Å²) in [5.41, 5.74) is 0.846. The van der Waals surface area contributed by atoms with Gasteiger partial charge in [0.15, 0.2) is 11.7 Å². The van der Waals surface area contributed by atoms with Gasteiger partial charge in [0.05, 0.1) is 23.9 Å². The molecule has 0 aliphatic carbocycles. The van der Waals surface area contributed by atoms with Gasteiger partial charge in [-0.3, -0.25) is 9.69 Å². The number of ether oxygens (including phenoxy) is 3. The first kappa shape index (κ1) is 26.7. The van der Waals surface area contributed by atoms with E-state index in [-0.39, 0.29) is 24.9 Å². The highest BCUT2D eigenvalue weighted by atomic mass is 35.5. The van der Waals surface area contributed by atoms with E-state index < -0.39 is 0 Å². The highest BCUT2D eigenvalue weighted by Crippen LogP contribution is 2.31. The van der Waals surface area contributed by atoms with Crippen molar-refractivity contribution in [3.8, 4) is 17.2 Å². The minimum atomic E-state index is -0.128. The number of hydrogen-bond acceptors (Lipinski definition) is 7. The van der Waals surface area contributed by atoms with Crippen molar-refractivity contribution in [2.24, 2.45) is 0 Å². The highest BCUT2D eigenvalue weighted by molar-refractivity contribution is 7.22. The number of likely N-dealkylation sites (N-methyl/N-ethyl adjacent to an activating group) is 1. The fraction of sp³-hybridized carbons (Fsp3) is 0.417. The zero-order chi connectivity index (χ0) is 22.9. The second kappa shape index (κ2) is 13.2. The number of aromatic nitrogens is 1. The van der Waals surface area contributed by atoms with Crippen LogP contribution >= 0.6 is 23.7 Å². The Morgan fingerprint density at radius 3 is 2.18 bits per heavy atom. The molecule has 0 spiro atoms. The van der Waals surface area contributed by atoms with Gasteiger partial charge in [0.2, 0.25) is 0 Å². The van der Waals surface area contributed by atoms with Gasteiger partial charge in [0.25, 0.3) is 5.91 Å². The minimum absolute atomic E-state index is 0. The van der Waals surface area contributed by atoms with Crippen LogP contribution in [0.1, 0.15) is 20.8 Å². The molecule has 3 rings (SSSR count). The molecule has 7 nitrogen and oxygen atoms in total. The number of carbonyl (C=O) groups is 1. The Morgan fingerprint density at radius 2 is 1.58 bits per heavy atom. The number of methoxy groups -OCH3 is 1. The molecule has 1 amide bonds. The van der Waals surface area contributed by atoms with Gasteiger partial charge in [-0.05, 0) is 62.5 Å². The molecule has 1 heterocycles. The van der Waals surface area contributed by atoms with Crippen molar-refractivity contribution >= 4 is 45.0 Å². The molecule has 0 aliphatic rings. The fourth-order valence-corrected chi connectivity index (χ4v) is 4.30. The maximum atomic E-state index is 13.2. The Morgan fingerprint density at radius 1 is 0.939 bits per heavy atom. The van der Waals surface area contributed by atoms with Crippen molar-refractivity contribution in [2.45, 2.75) is 20.8 Å². The quantitative estimate of drug-likeness (QED) is 0.358. The number of nitrogens with zero attached hydrogens (tertiary/aromatic N) is 3. The average molecular weight is 494 g/mol. The third-order valence-electron chi connectivity index (χ3n) is 5.15. The Hall–Kier alpha value is -2.55. The fourth-order valence-electron chi connectivity index (χ4n) is 3.27. The molecule has 0 N–H and O–H groups in total. The molecule has 0 unspecified atom stereocenters. The molecule has 0 saturated carbocycles. The van der Waals surface area contributed by atoms with E-state index in [0.29, 0.717) is 24.0 Å². The molecule has 3 aromatic rings. The zero-order valence-electron chi connectivity index (χ0n) is 19.6. The molecule has 2 aromatic carbocycles. The van der Waals surface area contributed by atoms with Gasteiger partial charge < -0.3 is 19.1 Å². The van der Waals surface area contributed by atoms with E-state index in [0.717, 1.165) is 41.3 Å². The van der Waals surface area contributed by atoms with Gasteiger partial charge in [-0.25, -0.2) is 4.98 Å². The first-order chi connectivity index (χ1) is 15.6. The van der Waals surface area contributed by atoms with Crippen molar-refractivity contribution < 1.29 is 19.0 Å². The first-order valence-corrected chi connectivity index (χ1v) is 11.7. The number of benzene rings is 2. The van der Waals surface area contributed by atoms with E-state index in [1.807, 2.05) is 49.4 Å². The molecule has 1 aromatic heterocycles. The summed E-state index contributed by atoms with van der Waals surface area (Å²) < 4.78 is 17.5. The zero-order valence-corrected chi connectivity index (χ0v) is 21.2. The van der Waals surface area contributed by atoms with E-state index in [2.05, 4.69) is 18.7 Å². The van der Waals surface area contributed by atoms with Crippen LogP contribution in [0.4, 0.5) is 5.13 Å². The molecule has 33 heavy (non-hydrogen) atoms. The average Bonchev–Trinajstić information content (AvgIpc) is 3.24. The lowest BCUT2D eigenvalue weighted by molar-refractivity contribution is -0.120. The number of fused-ring (bicyclic) bond motifs is 1. The lowest BCUT2D eigenvalue weighted by Crippen LogP contribution is -2.41. The number of carbonyl (C=O) groups excluding carboxylic acids is 1. The summed E-state index contributed by atoms with van der Waals surface area (Å²) >= 11 is 1.48. The normalized spacial score (nSPS) is 10.7. The van der Waals surface area contributed by atoms with E-state index in [1.165, 1.54) is 11.3 Å². The third-order valence-corrected chi connectivity index (χ3v) is 6.19. The standard InChI is InChI=1S/C24H31N3O4S.ClH/c1-5-26(6-2)14-15-27(24-25-21-13-12-20(29-4)16-22(21)32-24)23(28)17-31-19-10-8-18(9-11-19)30-7-3;/h8-13,16H,5-7,14-15,17H2,1-4H3;1H. The Balaban J connectivity index is 0.00000385. The summed E-state index contributed by atoms with van der Waals surface area (Å²) in [4.78, 5) is 21.9. The SMILES string of the molecule is CCOc1ccc(OCC(=O)N(CCN(CC)CC)c2nc3ccc(OC)cc3s2)cc1.Cl. The van der Waals surface area contributed by atoms with Crippen LogP contribution in [-0.2, 0) is 4.79 Å². The lowest BCUT2D eigenvalue weighted by Gasteiger charge is -2.24. The van der Waals surface area contributed by atoms with Crippen LogP contribution in [0.2, 0.25) is 0 Å². The Labute approximate surface area is 205 Å².